The van der Waals surface area contributed by atoms with Gasteiger partial charge in [-0.1, -0.05) is 33.1 Å². The Hall–Kier alpha value is -0.380. The summed E-state index contributed by atoms with van der Waals surface area (Å²) < 4.78 is 5.89. The van der Waals surface area contributed by atoms with E-state index in [0.29, 0.717) is 6.04 Å². The highest BCUT2D eigenvalue weighted by molar-refractivity contribution is 7.11. The van der Waals surface area contributed by atoms with Crippen LogP contribution in [-0.2, 0) is 17.9 Å². The third kappa shape index (κ3) is 5.64. The largest absolute Gasteiger partial charge is 0.376 e. The third-order valence-corrected chi connectivity index (χ3v) is 4.78. The first-order chi connectivity index (χ1) is 9.24. The van der Waals surface area contributed by atoms with Crippen molar-refractivity contribution < 1.29 is 4.74 Å². The van der Waals surface area contributed by atoms with E-state index in [9.17, 15) is 0 Å². The molecule has 0 atom stereocenters. The Bertz CT molecular complexity index is 355. The van der Waals surface area contributed by atoms with Crippen LogP contribution in [0.5, 0.6) is 0 Å². The number of nitrogens with one attached hydrogen (secondary N) is 1. The fourth-order valence-electron chi connectivity index (χ4n) is 2.58. The van der Waals surface area contributed by atoms with E-state index in [-0.39, 0.29) is 0 Å². The van der Waals surface area contributed by atoms with E-state index >= 15 is 0 Å². The van der Waals surface area contributed by atoms with Gasteiger partial charge < -0.3 is 10.1 Å². The predicted octanol–water partition coefficient (Wildman–Crippen LogP) is 4.34. The molecule has 1 N–H and O–H groups in total. The van der Waals surface area contributed by atoms with Gasteiger partial charge in [0.2, 0.25) is 0 Å². The van der Waals surface area contributed by atoms with E-state index in [1.54, 1.807) is 0 Å². The van der Waals surface area contributed by atoms with E-state index in [2.05, 4.69) is 31.3 Å². The van der Waals surface area contributed by atoms with Crippen molar-refractivity contribution in [3.63, 3.8) is 0 Å². The molecule has 1 saturated carbocycles. The number of rotatable bonds is 7. The maximum Gasteiger partial charge on any atom is 0.0809 e. The van der Waals surface area contributed by atoms with Crippen LogP contribution in [0.15, 0.2) is 12.1 Å². The summed E-state index contributed by atoms with van der Waals surface area (Å²) in [6.07, 6.45) is 6.96. The number of thiophene rings is 1. The zero-order valence-corrected chi connectivity index (χ0v) is 13.1. The summed E-state index contributed by atoms with van der Waals surface area (Å²) in [5.74, 6) is 0.816. The molecule has 0 unspecified atom stereocenters. The minimum atomic E-state index is 0.549. The third-order valence-electron chi connectivity index (χ3n) is 3.72. The maximum absolute atomic E-state index is 5.89. The molecular formula is C16H27NOS. The fourth-order valence-corrected chi connectivity index (χ4v) is 3.49. The Labute approximate surface area is 121 Å². The van der Waals surface area contributed by atoms with Crippen molar-refractivity contribution in [3.8, 4) is 0 Å². The van der Waals surface area contributed by atoms with Gasteiger partial charge in [0, 0.05) is 28.9 Å². The lowest BCUT2D eigenvalue weighted by molar-refractivity contribution is 0.0755. The van der Waals surface area contributed by atoms with Crippen molar-refractivity contribution in [2.75, 3.05) is 6.61 Å². The van der Waals surface area contributed by atoms with Crippen LogP contribution in [0.4, 0.5) is 0 Å². The van der Waals surface area contributed by atoms with Crippen molar-refractivity contribution in [1.82, 2.24) is 5.32 Å². The minimum Gasteiger partial charge on any atom is -0.376 e. The first-order valence-corrected chi connectivity index (χ1v) is 8.44. The lowest BCUT2D eigenvalue weighted by Crippen LogP contribution is -2.21. The molecular weight excluding hydrogens is 254 g/mol. The highest BCUT2D eigenvalue weighted by Crippen LogP contribution is 2.24. The van der Waals surface area contributed by atoms with Crippen molar-refractivity contribution in [2.24, 2.45) is 5.92 Å². The van der Waals surface area contributed by atoms with Crippen LogP contribution >= 0.6 is 11.3 Å². The van der Waals surface area contributed by atoms with Gasteiger partial charge in [-0.3, -0.25) is 0 Å². The van der Waals surface area contributed by atoms with E-state index in [1.165, 1.54) is 41.9 Å². The molecule has 0 bridgehead atoms. The summed E-state index contributed by atoms with van der Waals surface area (Å²) in [7, 11) is 0. The number of ether oxygens (including phenoxy) is 1. The van der Waals surface area contributed by atoms with Gasteiger partial charge >= 0.3 is 0 Å². The second-order valence-electron chi connectivity index (χ2n) is 5.92. The molecule has 0 saturated heterocycles. The zero-order chi connectivity index (χ0) is 13.5. The Kier molecular flexibility index (Phi) is 6.35. The molecule has 1 aromatic heterocycles. The Morgan fingerprint density at radius 2 is 1.95 bits per heavy atom. The molecule has 19 heavy (non-hydrogen) atoms. The monoisotopic (exact) mass is 281 g/mol. The molecule has 0 aromatic carbocycles. The summed E-state index contributed by atoms with van der Waals surface area (Å²) in [4.78, 5) is 2.77. The van der Waals surface area contributed by atoms with Crippen LogP contribution in [0.1, 0.15) is 55.7 Å². The molecule has 3 heteroatoms. The van der Waals surface area contributed by atoms with Crippen molar-refractivity contribution in [3.05, 3.63) is 21.9 Å². The standard InChI is InChI=1S/C16H27NOS/c1-13(2)17-10-15-8-9-16(19-15)12-18-11-14-6-4-3-5-7-14/h8-9,13-14,17H,3-7,10-12H2,1-2H3. The molecule has 108 valence electrons. The minimum absolute atomic E-state index is 0.549. The number of hydrogen-bond donors (Lipinski definition) is 1. The lowest BCUT2D eigenvalue weighted by Gasteiger charge is -2.21. The topological polar surface area (TPSA) is 21.3 Å². The Morgan fingerprint density at radius 3 is 2.68 bits per heavy atom. The average Bonchev–Trinajstić information content (AvgIpc) is 2.86. The predicted molar refractivity (Wildman–Crippen MR) is 82.5 cm³/mol. The lowest BCUT2D eigenvalue weighted by atomic mass is 9.90. The molecule has 2 nitrogen and oxygen atoms in total. The summed E-state index contributed by atoms with van der Waals surface area (Å²) in [6, 6.07) is 4.98. The molecule has 1 heterocycles. The molecule has 0 amide bonds. The van der Waals surface area contributed by atoms with Crippen LogP contribution in [0.2, 0.25) is 0 Å². The van der Waals surface area contributed by atoms with Crippen molar-refractivity contribution in [2.45, 2.75) is 65.1 Å². The van der Waals surface area contributed by atoms with Gasteiger partial charge in [0.05, 0.1) is 6.61 Å². The molecule has 1 aliphatic rings. The van der Waals surface area contributed by atoms with Gasteiger partial charge in [-0.25, -0.2) is 0 Å². The van der Waals surface area contributed by atoms with Crippen LogP contribution in [0.25, 0.3) is 0 Å². The highest BCUT2D eigenvalue weighted by Gasteiger charge is 2.13. The normalized spacial score (nSPS) is 17.2. The molecule has 1 aliphatic carbocycles. The molecule has 2 rings (SSSR count). The van der Waals surface area contributed by atoms with Gasteiger partial charge in [0.1, 0.15) is 0 Å². The van der Waals surface area contributed by atoms with Crippen LogP contribution in [0, 0.1) is 5.92 Å². The molecule has 0 radical (unpaired) electrons. The molecule has 0 spiro atoms. The average molecular weight is 281 g/mol. The van der Waals surface area contributed by atoms with Crippen LogP contribution < -0.4 is 5.32 Å². The van der Waals surface area contributed by atoms with Crippen LogP contribution in [0.3, 0.4) is 0 Å². The Morgan fingerprint density at radius 1 is 1.21 bits per heavy atom. The first-order valence-electron chi connectivity index (χ1n) is 7.63. The summed E-state index contributed by atoms with van der Waals surface area (Å²) >= 11 is 1.87. The van der Waals surface area contributed by atoms with Gasteiger partial charge in [0.15, 0.2) is 0 Å². The van der Waals surface area contributed by atoms with E-state index in [1.807, 2.05) is 11.3 Å². The summed E-state index contributed by atoms with van der Waals surface area (Å²) in [6.45, 7) is 7.09. The smallest absolute Gasteiger partial charge is 0.0809 e. The molecule has 0 aliphatic heterocycles. The van der Waals surface area contributed by atoms with Gasteiger partial charge in [-0.05, 0) is 30.9 Å². The van der Waals surface area contributed by atoms with E-state index in [4.69, 9.17) is 4.74 Å². The van der Waals surface area contributed by atoms with Crippen molar-refractivity contribution in [1.29, 1.82) is 0 Å². The molecule has 1 fully saturated rings. The second-order valence-corrected chi connectivity index (χ2v) is 7.18. The first kappa shape index (κ1) is 15.0. The van der Waals surface area contributed by atoms with Gasteiger partial charge in [-0.2, -0.15) is 0 Å². The van der Waals surface area contributed by atoms with Crippen molar-refractivity contribution >= 4 is 11.3 Å². The van der Waals surface area contributed by atoms with Gasteiger partial charge in [-0.15, -0.1) is 11.3 Å². The second kappa shape index (κ2) is 8.03. The van der Waals surface area contributed by atoms with Crippen LogP contribution in [-0.4, -0.2) is 12.6 Å². The van der Waals surface area contributed by atoms with Gasteiger partial charge in [0.25, 0.3) is 0 Å². The SMILES string of the molecule is CC(C)NCc1ccc(COCC2CCCCC2)s1. The molecule has 1 aromatic rings. The van der Waals surface area contributed by atoms with E-state index in [0.717, 1.165) is 25.7 Å². The number of hydrogen-bond acceptors (Lipinski definition) is 3. The maximum atomic E-state index is 5.89. The fraction of sp³-hybridized carbons (Fsp3) is 0.750. The quantitative estimate of drug-likeness (QED) is 0.802. The summed E-state index contributed by atoms with van der Waals surface area (Å²) in [5.41, 5.74) is 0. The zero-order valence-electron chi connectivity index (χ0n) is 12.3. The highest BCUT2D eigenvalue weighted by atomic mass is 32.1. The summed E-state index contributed by atoms with van der Waals surface area (Å²) in [5, 5.41) is 3.45. The Balaban J connectivity index is 1.65. The van der Waals surface area contributed by atoms with E-state index < -0.39 is 0 Å².